The molecule has 0 heterocycles. The van der Waals surface area contributed by atoms with Crippen LogP contribution in [0.5, 0.6) is 0 Å². The highest BCUT2D eigenvalue weighted by atomic mass is 16.6. The van der Waals surface area contributed by atoms with Crippen molar-refractivity contribution in [1.29, 1.82) is 0 Å². The maximum absolute atomic E-state index is 12.2. The van der Waals surface area contributed by atoms with Gasteiger partial charge in [0.05, 0.1) is 6.61 Å². The van der Waals surface area contributed by atoms with Gasteiger partial charge in [-0.15, -0.1) is 0 Å². The first-order valence-corrected chi connectivity index (χ1v) is 7.30. The molecule has 110 valence electrons. The van der Waals surface area contributed by atoms with E-state index in [1.807, 2.05) is 30.3 Å². The summed E-state index contributed by atoms with van der Waals surface area (Å²) in [5, 5.41) is 9.17. The van der Waals surface area contributed by atoms with Crippen LogP contribution in [-0.2, 0) is 11.3 Å². The lowest BCUT2D eigenvalue weighted by Gasteiger charge is -2.30. The second kappa shape index (κ2) is 7.29. The van der Waals surface area contributed by atoms with E-state index < -0.39 is 0 Å². The molecular formula is C16H23NO3. The number of carbonyl (C=O) groups excluding carboxylic acids is 1. The van der Waals surface area contributed by atoms with Crippen molar-refractivity contribution in [3.05, 3.63) is 35.9 Å². The van der Waals surface area contributed by atoms with Gasteiger partial charge < -0.3 is 14.7 Å². The molecule has 20 heavy (non-hydrogen) atoms. The first-order chi connectivity index (χ1) is 9.72. The fraction of sp³-hybridized carbons (Fsp3) is 0.562. The van der Waals surface area contributed by atoms with Gasteiger partial charge in [-0.05, 0) is 24.3 Å². The fourth-order valence-corrected chi connectivity index (χ4v) is 2.89. The summed E-state index contributed by atoms with van der Waals surface area (Å²) in [6.45, 7) is 2.77. The average molecular weight is 277 g/mol. The van der Waals surface area contributed by atoms with Crippen LogP contribution in [0.25, 0.3) is 0 Å². The Kier molecular flexibility index (Phi) is 5.41. The van der Waals surface area contributed by atoms with Gasteiger partial charge in [-0.1, -0.05) is 43.7 Å². The second-order valence-corrected chi connectivity index (χ2v) is 5.43. The van der Waals surface area contributed by atoms with E-state index in [2.05, 4.69) is 6.92 Å². The number of nitrogens with zero attached hydrogens (tertiary/aromatic N) is 1. The highest BCUT2D eigenvalue weighted by Gasteiger charge is 2.32. The molecule has 1 N–H and O–H groups in total. The van der Waals surface area contributed by atoms with Crippen LogP contribution in [0.1, 0.15) is 31.7 Å². The number of aliphatic hydroxyl groups is 1. The highest BCUT2D eigenvalue weighted by Crippen LogP contribution is 2.29. The van der Waals surface area contributed by atoms with Gasteiger partial charge in [0.2, 0.25) is 0 Å². The first kappa shape index (κ1) is 14.9. The molecule has 0 saturated heterocycles. The van der Waals surface area contributed by atoms with Crippen LogP contribution in [0.3, 0.4) is 0 Å². The standard InChI is InChI=1S/C16H23NO3/c1-13-6-5-9-15(13)17(10-11-18)16(19)20-12-14-7-3-2-4-8-14/h2-4,7-8,13,15,18H,5-6,9-12H2,1H3. The van der Waals surface area contributed by atoms with Crippen molar-refractivity contribution in [2.45, 2.75) is 38.8 Å². The zero-order chi connectivity index (χ0) is 14.4. The molecule has 4 nitrogen and oxygen atoms in total. The molecule has 1 fully saturated rings. The van der Waals surface area contributed by atoms with Gasteiger partial charge in [-0.3, -0.25) is 0 Å². The van der Waals surface area contributed by atoms with E-state index in [1.54, 1.807) is 4.90 Å². The number of benzene rings is 1. The summed E-state index contributed by atoms with van der Waals surface area (Å²) in [5.41, 5.74) is 0.976. The molecule has 1 aliphatic carbocycles. The number of ether oxygens (including phenoxy) is 1. The molecule has 2 unspecified atom stereocenters. The van der Waals surface area contributed by atoms with E-state index in [1.165, 1.54) is 0 Å². The zero-order valence-electron chi connectivity index (χ0n) is 12.0. The van der Waals surface area contributed by atoms with Crippen molar-refractivity contribution in [2.24, 2.45) is 5.92 Å². The molecule has 1 aromatic rings. The largest absolute Gasteiger partial charge is 0.445 e. The van der Waals surface area contributed by atoms with E-state index in [4.69, 9.17) is 9.84 Å². The number of hydrogen-bond donors (Lipinski definition) is 1. The molecule has 1 saturated carbocycles. The van der Waals surface area contributed by atoms with Crippen LogP contribution >= 0.6 is 0 Å². The minimum absolute atomic E-state index is 0.0241. The third-order valence-corrected chi connectivity index (χ3v) is 4.00. The lowest BCUT2D eigenvalue weighted by atomic mass is 10.1. The summed E-state index contributed by atoms with van der Waals surface area (Å²) in [6, 6.07) is 9.85. The number of aliphatic hydroxyl groups excluding tert-OH is 1. The Morgan fingerprint density at radius 1 is 1.35 bits per heavy atom. The lowest BCUT2D eigenvalue weighted by molar-refractivity contribution is 0.0648. The third-order valence-electron chi connectivity index (χ3n) is 4.00. The fourth-order valence-electron chi connectivity index (χ4n) is 2.89. The van der Waals surface area contributed by atoms with Crippen LogP contribution < -0.4 is 0 Å². The Morgan fingerprint density at radius 2 is 2.10 bits per heavy atom. The maximum Gasteiger partial charge on any atom is 0.410 e. The van der Waals surface area contributed by atoms with E-state index in [9.17, 15) is 4.79 Å². The minimum atomic E-state index is -0.318. The normalized spacial score (nSPS) is 21.7. The summed E-state index contributed by atoms with van der Waals surface area (Å²) < 4.78 is 5.38. The van der Waals surface area contributed by atoms with Crippen molar-refractivity contribution in [1.82, 2.24) is 4.90 Å². The predicted molar refractivity (Wildman–Crippen MR) is 77.2 cm³/mol. The molecule has 0 aliphatic heterocycles. The molecule has 0 radical (unpaired) electrons. The van der Waals surface area contributed by atoms with Crippen molar-refractivity contribution in [3.8, 4) is 0 Å². The van der Waals surface area contributed by atoms with Crippen molar-refractivity contribution in [2.75, 3.05) is 13.2 Å². The molecule has 1 amide bonds. The topological polar surface area (TPSA) is 49.8 Å². The van der Waals surface area contributed by atoms with Gasteiger partial charge in [-0.25, -0.2) is 4.79 Å². The lowest BCUT2D eigenvalue weighted by Crippen LogP contribution is -2.43. The van der Waals surface area contributed by atoms with Crippen LogP contribution in [-0.4, -0.2) is 35.3 Å². The number of carbonyl (C=O) groups is 1. The van der Waals surface area contributed by atoms with E-state index in [-0.39, 0.29) is 25.3 Å². The summed E-state index contributed by atoms with van der Waals surface area (Å²) in [5.74, 6) is 0.478. The van der Waals surface area contributed by atoms with Crippen LogP contribution in [0, 0.1) is 5.92 Å². The van der Waals surface area contributed by atoms with Crippen LogP contribution in [0.2, 0.25) is 0 Å². The average Bonchev–Trinajstić information content (AvgIpc) is 2.89. The molecule has 0 spiro atoms. The van der Waals surface area contributed by atoms with Crippen LogP contribution in [0.15, 0.2) is 30.3 Å². The van der Waals surface area contributed by atoms with E-state index in [0.29, 0.717) is 12.5 Å². The predicted octanol–water partition coefficient (Wildman–Crippen LogP) is 2.81. The number of amides is 1. The van der Waals surface area contributed by atoms with Crippen molar-refractivity contribution >= 4 is 6.09 Å². The first-order valence-electron chi connectivity index (χ1n) is 7.30. The quantitative estimate of drug-likeness (QED) is 0.900. The SMILES string of the molecule is CC1CCCC1N(CCO)C(=O)OCc1ccccc1. The van der Waals surface area contributed by atoms with Crippen molar-refractivity contribution < 1.29 is 14.6 Å². The van der Waals surface area contributed by atoms with Gasteiger partial charge in [0, 0.05) is 12.6 Å². The van der Waals surface area contributed by atoms with E-state index in [0.717, 1.165) is 24.8 Å². The van der Waals surface area contributed by atoms with Gasteiger partial charge in [-0.2, -0.15) is 0 Å². The highest BCUT2D eigenvalue weighted by molar-refractivity contribution is 5.68. The minimum Gasteiger partial charge on any atom is -0.445 e. The van der Waals surface area contributed by atoms with Crippen LogP contribution in [0.4, 0.5) is 4.79 Å². The number of hydrogen-bond acceptors (Lipinski definition) is 3. The van der Waals surface area contributed by atoms with Gasteiger partial charge in [0.25, 0.3) is 0 Å². The Balaban J connectivity index is 1.93. The summed E-state index contributed by atoms with van der Waals surface area (Å²) in [6.07, 6.45) is 2.96. The molecule has 1 aromatic carbocycles. The molecule has 2 atom stereocenters. The van der Waals surface area contributed by atoms with Crippen molar-refractivity contribution in [3.63, 3.8) is 0 Å². The zero-order valence-corrected chi connectivity index (χ0v) is 12.0. The number of rotatable bonds is 5. The van der Waals surface area contributed by atoms with Gasteiger partial charge >= 0.3 is 6.09 Å². The van der Waals surface area contributed by atoms with E-state index >= 15 is 0 Å². The molecular weight excluding hydrogens is 254 g/mol. The summed E-state index contributed by atoms with van der Waals surface area (Å²) in [4.78, 5) is 13.9. The van der Waals surface area contributed by atoms with Gasteiger partial charge in [0.1, 0.15) is 6.61 Å². The molecule has 0 aromatic heterocycles. The monoisotopic (exact) mass is 277 g/mol. The smallest absolute Gasteiger partial charge is 0.410 e. The molecule has 0 bridgehead atoms. The third kappa shape index (κ3) is 3.73. The Labute approximate surface area is 120 Å². The second-order valence-electron chi connectivity index (χ2n) is 5.43. The summed E-state index contributed by atoms with van der Waals surface area (Å²) >= 11 is 0. The summed E-state index contributed by atoms with van der Waals surface area (Å²) in [7, 11) is 0. The Bertz CT molecular complexity index is 421. The Morgan fingerprint density at radius 3 is 2.70 bits per heavy atom. The molecule has 1 aliphatic rings. The molecule has 2 rings (SSSR count). The van der Waals surface area contributed by atoms with Gasteiger partial charge in [0.15, 0.2) is 0 Å². The Hall–Kier alpha value is -1.55. The molecule has 4 heteroatoms. The maximum atomic E-state index is 12.2.